The minimum Gasteiger partial charge on any atom is -0.396 e. The fourth-order valence-electron chi connectivity index (χ4n) is 0.748. The largest absolute Gasteiger partial charge is 0.396 e. The molecule has 3 heteroatoms. The van der Waals surface area contributed by atoms with Crippen molar-refractivity contribution in [1.29, 1.82) is 0 Å². The van der Waals surface area contributed by atoms with Crippen LogP contribution in [0.2, 0.25) is 0 Å². The lowest BCUT2D eigenvalue weighted by molar-refractivity contribution is 0.160. The highest BCUT2D eigenvalue weighted by Gasteiger charge is 1.92. The fourth-order valence-corrected chi connectivity index (χ4v) is 1.28. The Morgan fingerprint density at radius 3 is 2.92 bits per heavy atom. The van der Waals surface area contributed by atoms with Crippen molar-refractivity contribution in [2.45, 2.75) is 6.92 Å². The summed E-state index contributed by atoms with van der Waals surface area (Å²) >= 11 is 2.27. The van der Waals surface area contributed by atoms with Gasteiger partial charge in [-0.15, -0.1) is 0 Å². The lowest BCUT2D eigenvalue weighted by Gasteiger charge is -1.95. The number of hydrogen-bond acceptors (Lipinski definition) is 2. The zero-order chi connectivity index (χ0) is 8.81. The van der Waals surface area contributed by atoms with Gasteiger partial charge in [-0.25, -0.2) is 0 Å². The van der Waals surface area contributed by atoms with E-state index in [0.29, 0.717) is 6.61 Å². The van der Waals surface area contributed by atoms with Crippen LogP contribution < -0.4 is 0 Å². The number of rotatable bonds is 3. The zero-order valence-corrected chi connectivity index (χ0v) is 8.98. The molecule has 0 amide bonds. The van der Waals surface area contributed by atoms with Crippen molar-refractivity contribution in [1.82, 2.24) is 0 Å². The number of halogens is 1. The van der Waals surface area contributed by atoms with E-state index >= 15 is 0 Å². The third-order valence-corrected chi connectivity index (χ3v) is 2.28. The summed E-state index contributed by atoms with van der Waals surface area (Å²) in [5, 5.41) is 3.79. The SMILES string of the molecule is CCO/N=C/c1ccccc1I. The number of oxime groups is 1. The second-order valence-corrected chi connectivity index (χ2v) is 3.34. The molecule has 0 fully saturated rings. The lowest BCUT2D eigenvalue weighted by Crippen LogP contribution is -1.87. The van der Waals surface area contributed by atoms with Crippen LogP contribution in [0.3, 0.4) is 0 Å². The van der Waals surface area contributed by atoms with Crippen LogP contribution in [0.25, 0.3) is 0 Å². The van der Waals surface area contributed by atoms with Crippen LogP contribution in [0.15, 0.2) is 29.4 Å². The molecule has 0 aliphatic carbocycles. The average Bonchev–Trinajstić information content (AvgIpc) is 2.09. The van der Waals surface area contributed by atoms with E-state index in [1.807, 2.05) is 31.2 Å². The first-order valence-corrected chi connectivity index (χ1v) is 4.82. The molecule has 1 rings (SSSR count). The van der Waals surface area contributed by atoms with Crippen molar-refractivity contribution in [2.75, 3.05) is 6.61 Å². The maximum Gasteiger partial charge on any atom is 0.114 e. The normalized spacial score (nSPS) is 10.5. The lowest BCUT2D eigenvalue weighted by atomic mass is 10.2. The zero-order valence-electron chi connectivity index (χ0n) is 6.83. The van der Waals surface area contributed by atoms with Gasteiger partial charge >= 0.3 is 0 Å². The van der Waals surface area contributed by atoms with Crippen molar-refractivity contribution in [3.8, 4) is 0 Å². The molecule has 12 heavy (non-hydrogen) atoms. The first-order chi connectivity index (χ1) is 5.84. The second-order valence-electron chi connectivity index (χ2n) is 2.17. The van der Waals surface area contributed by atoms with Gasteiger partial charge in [-0.1, -0.05) is 23.4 Å². The fraction of sp³-hybridized carbons (Fsp3) is 0.222. The Bertz CT molecular complexity index is 273. The van der Waals surface area contributed by atoms with Gasteiger partial charge in [0.15, 0.2) is 0 Å². The van der Waals surface area contributed by atoms with E-state index in [2.05, 4.69) is 27.7 Å². The Hall–Kier alpha value is -0.580. The van der Waals surface area contributed by atoms with Crippen molar-refractivity contribution in [2.24, 2.45) is 5.16 Å². The van der Waals surface area contributed by atoms with Gasteiger partial charge in [-0.2, -0.15) is 0 Å². The van der Waals surface area contributed by atoms with Gasteiger partial charge in [-0.3, -0.25) is 0 Å². The summed E-state index contributed by atoms with van der Waals surface area (Å²) in [6, 6.07) is 8.02. The molecule has 0 unspecified atom stereocenters. The van der Waals surface area contributed by atoms with Gasteiger partial charge < -0.3 is 4.84 Å². The van der Waals surface area contributed by atoms with Crippen molar-refractivity contribution < 1.29 is 4.84 Å². The molecule has 0 saturated heterocycles. The topological polar surface area (TPSA) is 21.6 Å². The quantitative estimate of drug-likeness (QED) is 0.472. The summed E-state index contributed by atoms with van der Waals surface area (Å²) in [7, 11) is 0. The molecule has 1 aromatic rings. The smallest absolute Gasteiger partial charge is 0.114 e. The Balaban J connectivity index is 2.68. The molecular formula is C9H10INO. The molecule has 0 atom stereocenters. The molecule has 0 aliphatic rings. The highest BCUT2D eigenvalue weighted by molar-refractivity contribution is 14.1. The van der Waals surface area contributed by atoms with Crippen LogP contribution in [0.5, 0.6) is 0 Å². The molecule has 0 aliphatic heterocycles. The predicted octanol–water partition coefficient (Wildman–Crippen LogP) is 2.66. The molecule has 2 nitrogen and oxygen atoms in total. The van der Waals surface area contributed by atoms with Crippen LogP contribution in [0.4, 0.5) is 0 Å². The van der Waals surface area contributed by atoms with E-state index < -0.39 is 0 Å². The van der Waals surface area contributed by atoms with Crippen molar-refractivity contribution >= 4 is 28.8 Å². The molecule has 0 saturated carbocycles. The van der Waals surface area contributed by atoms with Gasteiger partial charge in [-0.05, 0) is 35.6 Å². The minimum atomic E-state index is 0.611. The number of hydrogen-bond donors (Lipinski definition) is 0. The van der Waals surface area contributed by atoms with E-state index in [-0.39, 0.29) is 0 Å². The van der Waals surface area contributed by atoms with Gasteiger partial charge in [0.05, 0.1) is 6.21 Å². The molecule has 0 bridgehead atoms. The Kier molecular flexibility index (Phi) is 4.07. The van der Waals surface area contributed by atoms with Crippen molar-refractivity contribution in [3.63, 3.8) is 0 Å². The van der Waals surface area contributed by atoms with Gasteiger partial charge in [0.2, 0.25) is 0 Å². The molecule has 0 radical (unpaired) electrons. The number of benzene rings is 1. The Morgan fingerprint density at radius 2 is 2.25 bits per heavy atom. The molecule has 1 aromatic carbocycles. The van der Waals surface area contributed by atoms with Gasteiger partial charge in [0.1, 0.15) is 6.61 Å². The highest BCUT2D eigenvalue weighted by atomic mass is 127. The highest BCUT2D eigenvalue weighted by Crippen LogP contribution is 2.08. The molecule has 0 heterocycles. The maximum absolute atomic E-state index is 4.86. The first-order valence-electron chi connectivity index (χ1n) is 3.74. The summed E-state index contributed by atoms with van der Waals surface area (Å²) in [5.74, 6) is 0. The van der Waals surface area contributed by atoms with Crippen LogP contribution in [0, 0.1) is 3.57 Å². The van der Waals surface area contributed by atoms with E-state index in [0.717, 1.165) is 5.56 Å². The summed E-state index contributed by atoms with van der Waals surface area (Å²) in [4.78, 5) is 4.86. The summed E-state index contributed by atoms with van der Waals surface area (Å²) in [6.45, 7) is 2.52. The molecular weight excluding hydrogens is 265 g/mol. The third kappa shape index (κ3) is 2.81. The standard InChI is InChI=1S/C9H10INO/c1-2-12-11-7-8-5-3-4-6-9(8)10/h3-7H,2H2,1H3/b11-7+. The second kappa shape index (κ2) is 5.13. The first kappa shape index (κ1) is 9.51. The molecule has 0 N–H and O–H groups in total. The summed E-state index contributed by atoms with van der Waals surface area (Å²) in [6.07, 6.45) is 1.73. The van der Waals surface area contributed by atoms with Gasteiger partial charge in [0, 0.05) is 9.13 Å². The van der Waals surface area contributed by atoms with E-state index in [9.17, 15) is 0 Å². The van der Waals surface area contributed by atoms with Crippen molar-refractivity contribution in [3.05, 3.63) is 33.4 Å². The Labute approximate surface area is 85.8 Å². The monoisotopic (exact) mass is 275 g/mol. The maximum atomic E-state index is 4.86. The van der Waals surface area contributed by atoms with E-state index in [1.54, 1.807) is 6.21 Å². The Morgan fingerprint density at radius 1 is 1.50 bits per heavy atom. The van der Waals surface area contributed by atoms with Gasteiger partial charge in [0.25, 0.3) is 0 Å². The van der Waals surface area contributed by atoms with Crippen LogP contribution in [-0.2, 0) is 4.84 Å². The van der Waals surface area contributed by atoms with E-state index in [1.165, 1.54) is 3.57 Å². The summed E-state index contributed by atoms with van der Waals surface area (Å²) < 4.78 is 1.18. The van der Waals surface area contributed by atoms with E-state index in [4.69, 9.17) is 4.84 Å². The third-order valence-electron chi connectivity index (χ3n) is 1.30. The average molecular weight is 275 g/mol. The molecule has 0 spiro atoms. The molecule has 64 valence electrons. The van der Waals surface area contributed by atoms with Crippen LogP contribution in [-0.4, -0.2) is 12.8 Å². The summed E-state index contributed by atoms with van der Waals surface area (Å²) in [5.41, 5.74) is 1.09. The van der Waals surface area contributed by atoms with Crippen LogP contribution in [0.1, 0.15) is 12.5 Å². The minimum absolute atomic E-state index is 0.611. The van der Waals surface area contributed by atoms with Crippen LogP contribution >= 0.6 is 22.6 Å². The predicted molar refractivity (Wildman–Crippen MR) is 58.4 cm³/mol. The molecule has 0 aromatic heterocycles. The number of nitrogens with zero attached hydrogens (tertiary/aromatic N) is 1.